The van der Waals surface area contributed by atoms with Crippen LogP contribution in [-0.4, -0.2) is 25.8 Å². The summed E-state index contributed by atoms with van der Waals surface area (Å²) in [6.07, 6.45) is 4.36. The van der Waals surface area contributed by atoms with Gasteiger partial charge in [0.1, 0.15) is 28.9 Å². The molecule has 0 aliphatic carbocycles. The van der Waals surface area contributed by atoms with Gasteiger partial charge >= 0.3 is 5.97 Å². The predicted octanol–water partition coefficient (Wildman–Crippen LogP) is 6.93. The Balaban J connectivity index is 1.20. The number of unbranched alkanes of at least 4 members (excludes halogenated alkanes) is 1. The summed E-state index contributed by atoms with van der Waals surface area (Å²) in [5.74, 6) is 0.446. The molecule has 0 fully saturated rings. The number of esters is 1. The molecule has 3 aromatic carbocycles. The van der Waals surface area contributed by atoms with Crippen LogP contribution in [0, 0.1) is 0 Å². The normalized spacial score (nSPS) is 11.1. The SMILES string of the molecule is CCCc1c(OCCCCOc2ccc3c(=O)c(-c4ccccc4)coc3c2)ccc2c(=O)cc(C(=O)OCC)oc12. The Morgan fingerprint density at radius 2 is 1.62 bits per heavy atom. The summed E-state index contributed by atoms with van der Waals surface area (Å²) in [4.78, 5) is 37.8. The van der Waals surface area contributed by atoms with Gasteiger partial charge in [-0.15, -0.1) is 0 Å². The van der Waals surface area contributed by atoms with Gasteiger partial charge in [0.15, 0.2) is 10.9 Å². The van der Waals surface area contributed by atoms with Gasteiger partial charge in [0.25, 0.3) is 0 Å². The minimum atomic E-state index is -0.671. The Kier molecular flexibility index (Phi) is 9.02. The first-order valence-corrected chi connectivity index (χ1v) is 14.1. The van der Waals surface area contributed by atoms with Crippen LogP contribution >= 0.6 is 0 Å². The molecule has 8 nitrogen and oxygen atoms in total. The molecule has 0 N–H and O–H groups in total. The molecule has 5 rings (SSSR count). The average molecular weight is 569 g/mol. The second kappa shape index (κ2) is 13.2. The number of ether oxygens (including phenoxy) is 3. The second-order valence-corrected chi connectivity index (χ2v) is 9.77. The molecule has 0 atom stereocenters. The molecule has 0 radical (unpaired) electrons. The third-order valence-electron chi connectivity index (χ3n) is 6.83. The Morgan fingerprint density at radius 1 is 0.857 bits per heavy atom. The number of fused-ring (bicyclic) bond motifs is 2. The molecule has 42 heavy (non-hydrogen) atoms. The standard InChI is InChI=1S/C34H32O8/c1-3-10-26-29(16-15-24-28(35)20-31(42-33(24)26)34(37)38-4-2)40-18-9-8-17-39-23-13-14-25-30(19-23)41-21-27(32(25)36)22-11-6-5-7-12-22/h5-7,11-16,19-21H,3-4,8-10,17-18H2,1-2H3. The maximum Gasteiger partial charge on any atom is 0.374 e. The quantitative estimate of drug-likeness (QED) is 0.118. The van der Waals surface area contributed by atoms with Gasteiger partial charge in [-0.2, -0.15) is 0 Å². The van der Waals surface area contributed by atoms with Crippen LogP contribution in [-0.2, 0) is 11.2 Å². The van der Waals surface area contributed by atoms with Crippen molar-refractivity contribution in [2.75, 3.05) is 19.8 Å². The maximum atomic E-state index is 13.0. The number of hydrogen-bond acceptors (Lipinski definition) is 8. The van der Waals surface area contributed by atoms with Crippen molar-refractivity contribution in [1.82, 2.24) is 0 Å². The van der Waals surface area contributed by atoms with Crippen LogP contribution in [0.3, 0.4) is 0 Å². The number of carbonyl (C=O) groups is 1. The zero-order valence-corrected chi connectivity index (χ0v) is 23.6. The molecule has 0 aliphatic rings. The highest BCUT2D eigenvalue weighted by molar-refractivity contribution is 5.90. The zero-order chi connectivity index (χ0) is 29.5. The molecule has 0 bridgehead atoms. The molecular weight excluding hydrogens is 536 g/mol. The van der Waals surface area contributed by atoms with Crippen LogP contribution in [0.1, 0.15) is 49.2 Å². The highest BCUT2D eigenvalue weighted by Gasteiger charge is 2.18. The lowest BCUT2D eigenvalue weighted by atomic mass is 10.0. The molecule has 0 aliphatic heterocycles. The molecule has 0 saturated heterocycles. The summed E-state index contributed by atoms with van der Waals surface area (Å²) in [5.41, 5.74) is 2.52. The van der Waals surface area contributed by atoms with Crippen LogP contribution in [0.25, 0.3) is 33.1 Å². The summed E-state index contributed by atoms with van der Waals surface area (Å²) in [6.45, 7) is 4.79. The topological polar surface area (TPSA) is 105 Å². The van der Waals surface area contributed by atoms with E-state index in [0.717, 1.165) is 30.4 Å². The molecule has 8 heteroatoms. The molecule has 0 amide bonds. The lowest BCUT2D eigenvalue weighted by molar-refractivity contribution is 0.0490. The Bertz CT molecular complexity index is 1820. The summed E-state index contributed by atoms with van der Waals surface area (Å²) in [5, 5.41) is 0.898. The van der Waals surface area contributed by atoms with Gasteiger partial charge in [-0.25, -0.2) is 4.79 Å². The highest BCUT2D eigenvalue weighted by Crippen LogP contribution is 2.29. The summed E-state index contributed by atoms with van der Waals surface area (Å²) >= 11 is 0. The average Bonchev–Trinajstić information content (AvgIpc) is 3.00. The second-order valence-electron chi connectivity index (χ2n) is 9.77. The summed E-state index contributed by atoms with van der Waals surface area (Å²) in [6, 6.07) is 19.3. The number of hydrogen-bond donors (Lipinski definition) is 0. The maximum absolute atomic E-state index is 13.0. The fourth-order valence-corrected chi connectivity index (χ4v) is 4.77. The van der Waals surface area contributed by atoms with Crippen LogP contribution in [0.4, 0.5) is 0 Å². The van der Waals surface area contributed by atoms with Crippen LogP contribution in [0.2, 0.25) is 0 Å². The Hall–Kier alpha value is -4.85. The zero-order valence-electron chi connectivity index (χ0n) is 23.6. The van der Waals surface area contributed by atoms with Gasteiger partial charge in [-0.3, -0.25) is 9.59 Å². The van der Waals surface area contributed by atoms with E-state index < -0.39 is 5.97 Å². The van der Waals surface area contributed by atoms with Gasteiger partial charge in [0, 0.05) is 17.7 Å². The fourth-order valence-electron chi connectivity index (χ4n) is 4.77. The van der Waals surface area contributed by atoms with Gasteiger partial charge in [-0.05, 0) is 56.0 Å². The van der Waals surface area contributed by atoms with Crippen molar-refractivity contribution < 1.29 is 27.8 Å². The van der Waals surface area contributed by atoms with Crippen molar-refractivity contribution >= 4 is 27.9 Å². The Labute approximate surface area is 242 Å². The molecule has 0 spiro atoms. The number of benzene rings is 3. The third kappa shape index (κ3) is 6.22. The summed E-state index contributed by atoms with van der Waals surface area (Å²) < 4.78 is 28.6. The van der Waals surface area contributed by atoms with Crippen molar-refractivity contribution in [2.45, 2.75) is 39.5 Å². The first kappa shape index (κ1) is 28.7. The van der Waals surface area contributed by atoms with Crippen LogP contribution in [0.15, 0.2) is 91.4 Å². The monoisotopic (exact) mass is 568 g/mol. The van der Waals surface area contributed by atoms with Crippen molar-refractivity contribution in [3.05, 3.63) is 105 Å². The molecule has 216 valence electrons. The third-order valence-corrected chi connectivity index (χ3v) is 6.83. The Morgan fingerprint density at radius 3 is 2.38 bits per heavy atom. The van der Waals surface area contributed by atoms with Crippen LogP contribution in [0.5, 0.6) is 11.5 Å². The van der Waals surface area contributed by atoms with E-state index in [1.165, 1.54) is 12.3 Å². The predicted molar refractivity (Wildman–Crippen MR) is 161 cm³/mol. The van der Waals surface area contributed by atoms with E-state index in [4.69, 9.17) is 23.0 Å². The molecule has 0 unspecified atom stereocenters. The van der Waals surface area contributed by atoms with E-state index in [9.17, 15) is 14.4 Å². The van der Waals surface area contributed by atoms with E-state index in [-0.39, 0.29) is 23.2 Å². The van der Waals surface area contributed by atoms with Gasteiger partial charge in [0.05, 0.1) is 36.2 Å². The number of aryl methyl sites for hydroxylation is 1. The fraction of sp³-hybridized carbons (Fsp3) is 0.265. The van der Waals surface area contributed by atoms with E-state index in [1.54, 1.807) is 37.3 Å². The van der Waals surface area contributed by atoms with E-state index in [1.807, 2.05) is 37.3 Å². The highest BCUT2D eigenvalue weighted by atomic mass is 16.5. The van der Waals surface area contributed by atoms with Gasteiger partial charge in [0.2, 0.25) is 5.76 Å². The molecular formula is C34H32O8. The first-order valence-electron chi connectivity index (χ1n) is 14.1. The van der Waals surface area contributed by atoms with E-state index >= 15 is 0 Å². The number of carbonyl (C=O) groups excluding carboxylic acids is 1. The lowest BCUT2D eigenvalue weighted by Gasteiger charge is -2.14. The minimum Gasteiger partial charge on any atom is -0.493 e. The largest absolute Gasteiger partial charge is 0.493 e. The number of rotatable bonds is 12. The summed E-state index contributed by atoms with van der Waals surface area (Å²) in [7, 11) is 0. The lowest BCUT2D eigenvalue weighted by Crippen LogP contribution is -2.11. The van der Waals surface area contributed by atoms with Crippen molar-refractivity contribution in [3.63, 3.8) is 0 Å². The van der Waals surface area contributed by atoms with Gasteiger partial charge < -0.3 is 23.0 Å². The minimum absolute atomic E-state index is 0.0846. The molecule has 5 aromatic rings. The van der Waals surface area contributed by atoms with E-state index in [0.29, 0.717) is 58.6 Å². The van der Waals surface area contributed by atoms with Crippen molar-refractivity contribution in [3.8, 4) is 22.6 Å². The van der Waals surface area contributed by atoms with Gasteiger partial charge in [-0.1, -0.05) is 43.7 Å². The smallest absolute Gasteiger partial charge is 0.374 e. The molecule has 2 aromatic heterocycles. The van der Waals surface area contributed by atoms with Crippen molar-refractivity contribution in [2.24, 2.45) is 0 Å². The molecule has 0 saturated carbocycles. The first-order chi connectivity index (χ1) is 20.5. The van der Waals surface area contributed by atoms with Crippen LogP contribution < -0.4 is 20.3 Å². The van der Waals surface area contributed by atoms with Crippen molar-refractivity contribution in [1.29, 1.82) is 0 Å². The molecule has 2 heterocycles. The van der Waals surface area contributed by atoms with E-state index in [2.05, 4.69) is 0 Å².